The summed E-state index contributed by atoms with van der Waals surface area (Å²) in [5.41, 5.74) is 9.54. The van der Waals surface area contributed by atoms with Crippen LogP contribution in [0.25, 0.3) is 0 Å². The van der Waals surface area contributed by atoms with Crippen molar-refractivity contribution in [1.29, 1.82) is 0 Å². The molecule has 0 saturated carbocycles. The van der Waals surface area contributed by atoms with E-state index in [1.807, 2.05) is 25.1 Å². The molecule has 0 aliphatic heterocycles. The molecule has 0 bridgehead atoms. The van der Waals surface area contributed by atoms with Crippen LogP contribution in [-0.2, 0) is 0 Å². The van der Waals surface area contributed by atoms with Gasteiger partial charge in [-0.2, -0.15) is 0 Å². The summed E-state index contributed by atoms with van der Waals surface area (Å²) in [6.45, 7) is 3.68. The Bertz CT molecular complexity index is 581. The van der Waals surface area contributed by atoms with Crippen LogP contribution in [0.4, 0.5) is 4.39 Å². The van der Waals surface area contributed by atoms with Crippen molar-refractivity contribution in [2.75, 3.05) is 0 Å². The van der Waals surface area contributed by atoms with E-state index < -0.39 is 0 Å². The van der Waals surface area contributed by atoms with Crippen molar-refractivity contribution < 1.29 is 4.39 Å². The summed E-state index contributed by atoms with van der Waals surface area (Å²) in [4.78, 5) is 0. The van der Waals surface area contributed by atoms with Gasteiger partial charge in [0.15, 0.2) is 0 Å². The molecule has 94 valence electrons. The average molecular weight is 264 g/mol. The van der Waals surface area contributed by atoms with E-state index in [-0.39, 0.29) is 11.9 Å². The van der Waals surface area contributed by atoms with Gasteiger partial charge in [0.1, 0.15) is 5.82 Å². The molecular weight excluding hydrogens is 249 g/mol. The Hall–Kier alpha value is -1.38. The minimum Gasteiger partial charge on any atom is -0.320 e. The summed E-state index contributed by atoms with van der Waals surface area (Å²) in [5, 5.41) is 0.679. The lowest BCUT2D eigenvalue weighted by Crippen LogP contribution is -2.13. The lowest BCUT2D eigenvalue weighted by Gasteiger charge is -2.16. The van der Waals surface area contributed by atoms with Gasteiger partial charge in [0.05, 0.1) is 6.04 Å². The Labute approximate surface area is 111 Å². The lowest BCUT2D eigenvalue weighted by atomic mass is 9.95. The fourth-order valence-electron chi connectivity index (χ4n) is 1.97. The minimum absolute atomic E-state index is 0.227. The number of nitrogens with two attached hydrogens (primary N) is 1. The lowest BCUT2D eigenvalue weighted by molar-refractivity contribution is 0.614. The van der Waals surface area contributed by atoms with E-state index in [1.165, 1.54) is 6.07 Å². The van der Waals surface area contributed by atoms with Gasteiger partial charge in [0.25, 0.3) is 0 Å². The molecule has 0 amide bonds. The zero-order chi connectivity index (χ0) is 13.3. The van der Waals surface area contributed by atoms with Gasteiger partial charge in [-0.3, -0.25) is 0 Å². The first kappa shape index (κ1) is 13.1. The van der Waals surface area contributed by atoms with Gasteiger partial charge in [-0.1, -0.05) is 29.8 Å². The summed E-state index contributed by atoms with van der Waals surface area (Å²) in [7, 11) is 0. The fraction of sp³-hybridized carbons (Fsp3) is 0.200. The van der Waals surface area contributed by atoms with Crippen LogP contribution in [-0.4, -0.2) is 0 Å². The van der Waals surface area contributed by atoms with Crippen molar-refractivity contribution in [2.45, 2.75) is 19.9 Å². The highest BCUT2D eigenvalue weighted by Gasteiger charge is 2.13. The minimum atomic E-state index is -0.336. The quantitative estimate of drug-likeness (QED) is 0.866. The first-order valence-electron chi connectivity index (χ1n) is 5.76. The molecule has 0 spiro atoms. The molecule has 0 fully saturated rings. The van der Waals surface area contributed by atoms with Crippen LogP contribution in [0.5, 0.6) is 0 Å². The maximum atomic E-state index is 13.5. The van der Waals surface area contributed by atoms with E-state index in [1.54, 1.807) is 19.1 Å². The molecule has 18 heavy (non-hydrogen) atoms. The van der Waals surface area contributed by atoms with E-state index in [2.05, 4.69) is 0 Å². The smallest absolute Gasteiger partial charge is 0.126 e. The van der Waals surface area contributed by atoms with Crippen molar-refractivity contribution in [1.82, 2.24) is 0 Å². The second-order valence-electron chi connectivity index (χ2n) is 4.49. The third kappa shape index (κ3) is 2.55. The summed E-state index contributed by atoms with van der Waals surface area (Å²) in [6, 6.07) is 10.3. The molecule has 0 aliphatic carbocycles. The van der Waals surface area contributed by atoms with Crippen molar-refractivity contribution in [3.8, 4) is 0 Å². The Balaban J connectivity index is 2.41. The van der Waals surface area contributed by atoms with E-state index in [0.717, 1.165) is 16.7 Å². The number of aryl methyl sites for hydroxylation is 2. The van der Waals surface area contributed by atoms with Crippen molar-refractivity contribution in [2.24, 2.45) is 5.73 Å². The van der Waals surface area contributed by atoms with Gasteiger partial charge < -0.3 is 5.73 Å². The van der Waals surface area contributed by atoms with Crippen LogP contribution in [0.1, 0.15) is 28.3 Å². The van der Waals surface area contributed by atoms with Gasteiger partial charge in [0.2, 0.25) is 0 Å². The standard InChI is InChI=1S/C15H15ClFN/c1-9-3-4-11(8-14(9)17)15(18)13-6-5-12(16)7-10(13)2/h3-8,15H,18H2,1-2H3. The van der Waals surface area contributed by atoms with Gasteiger partial charge >= 0.3 is 0 Å². The van der Waals surface area contributed by atoms with Crippen LogP contribution >= 0.6 is 11.6 Å². The van der Waals surface area contributed by atoms with Crippen LogP contribution in [0.3, 0.4) is 0 Å². The zero-order valence-electron chi connectivity index (χ0n) is 10.4. The van der Waals surface area contributed by atoms with E-state index in [9.17, 15) is 4.39 Å². The normalized spacial score (nSPS) is 12.5. The molecule has 3 heteroatoms. The summed E-state index contributed by atoms with van der Waals surface area (Å²) >= 11 is 5.91. The van der Waals surface area contributed by atoms with E-state index in [0.29, 0.717) is 10.6 Å². The number of benzene rings is 2. The highest BCUT2D eigenvalue weighted by molar-refractivity contribution is 6.30. The van der Waals surface area contributed by atoms with E-state index >= 15 is 0 Å². The topological polar surface area (TPSA) is 26.0 Å². The first-order valence-corrected chi connectivity index (χ1v) is 6.14. The van der Waals surface area contributed by atoms with Gasteiger partial charge in [-0.15, -0.1) is 0 Å². The van der Waals surface area contributed by atoms with Crippen molar-refractivity contribution >= 4 is 11.6 Å². The zero-order valence-corrected chi connectivity index (χ0v) is 11.1. The Morgan fingerprint density at radius 2 is 1.78 bits per heavy atom. The van der Waals surface area contributed by atoms with Crippen LogP contribution < -0.4 is 5.73 Å². The van der Waals surface area contributed by atoms with E-state index in [4.69, 9.17) is 17.3 Å². The summed E-state index contributed by atoms with van der Waals surface area (Å²) in [6.07, 6.45) is 0. The van der Waals surface area contributed by atoms with Gasteiger partial charge in [-0.05, 0) is 54.3 Å². The van der Waals surface area contributed by atoms with Gasteiger partial charge in [0, 0.05) is 5.02 Å². The molecule has 1 unspecified atom stereocenters. The van der Waals surface area contributed by atoms with Gasteiger partial charge in [-0.25, -0.2) is 4.39 Å². The number of hydrogen-bond acceptors (Lipinski definition) is 1. The molecule has 2 rings (SSSR count). The van der Waals surface area contributed by atoms with Crippen LogP contribution in [0.2, 0.25) is 5.02 Å². The molecule has 0 radical (unpaired) electrons. The number of rotatable bonds is 2. The fourth-order valence-corrected chi connectivity index (χ4v) is 2.20. The highest BCUT2D eigenvalue weighted by Crippen LogP contribution is 2.26. The predicted octanol–water partition coefficient (Wildman–Crippen LogP) is 4.14. The summed E-state index contributed by atoms with van der Waals surface area (Å²) < 4.78 is 13.5. The number of halogens is 2. The molecule has 0 aromatic heterocycles. The highest BCUT2D eigenvalue weighted by atomic mass is 35.5. The third-order valence-corrected chi connectivity index (χ3v) is 3.36. The first-order chi connectivity index (χ1) is 8.49. The maximum Gasteiger partial charge on any atom is 0.126 e. The molecular formula is C15H15ClFN. The molecule has 2 aromatic carbocycles. The number of hydrogen-bond donors (Lipinski definition) is 1. The van der Waals surface area contributed by atoms with Crippen molar-refractivity contribution in [3.05, 3.63) is 69.5 Å². The molecule has 2 aromatic rings. The Morgan fingerprint density at radius 3 is 2.39 bits per heavy atom. The maximum absolute atomic E-state index is 13.5. The Kier molecular flexibility index (Phi) is 3.69. The molecule has 0 aliphatic rings. The average Bonchev–Trinajstić information content (AvgIpc) is 2.32. The largest absolute Gasteiger partial charge is 0.320 e. The second-order valence-corrected chi connectivity index (χ2v) is 4.92. The van der Waals surface area contributed by atoms with Crippen LogP contribution in [0, 0.1) is 19.7 Å². The molecule has 0 saturated heterocycles. The molecule has 0 heterocycles. The second kappa shape index (κ2) is 5.09. The molecule has 1 atom stereocenters. The predicted molar refractivity (Wildman–Crippen MR) is 73.4 cm³/mol. The monoisotopic (exact) mass is 263 g/mol. The van der Waals surface area contributed by atoms with Crippen molar-refractivity contribution in [3.63, 3.8) is 0 Å². The summed E-state index contributed by atoms with van der Waals surface area (Å²) in [5.74, 6) is -0.227. The Morgan fingerprint density at radius 1 is 1.06 bits per heavy atom. The van der Waals surface area contributed by atoms with Crippen LogP contribution in [0.15, 0.2) is 36.4 Å². The third-order valence-electron chi connectivity index (χ3n) is 3.12. The SMILES string of the molecule is Cc1ccc(C(N)c2ccc(Cl)cc2C)cc1F. The molecule has 1 nitrogen and oxygen atoms in total. The molecule has 2 N–H and O–H groups in total.